The summed E-state index contributed by atoms with van der Waals surface area (Å²) in [5, 5.41) is 3.78. The smallest absolute Gasteiger partial charge is 0.173 e. The fourth-order valence-electron chi connectivity index (χ4n) is 3.02. The van der Waals surface area contributed by atoms with Gasteiger partial charge >= 0.3 is 0 Å². The van der Waals surface area contributed by atoms with Crippen LogP contribution in [0.4, 0.5) is 14.5 Å². The molecule has 0 aliphatic heterocycles. The summed E-state index contributed by atoms with van der Waals surface area (Å²) in [7, 11) is 4.06. The summed E-state index contributed by atoms with van der Waals surface area (Å²) in [5.41, 5.74) is 1.24. The lowest BCUT2D eigenvalue weighted by atomic mass is 9.93. The maximum atomic E-state index is 14.2. The Morgan fingerprint density at radius 3 is 2.26 bits per heavy atom. The molecule has 3 nitrogen and oxygen atoms in total. The third-order valence-corrected chi connectivity index (χ3v) is 4.50. The molecule has 0 bridgehead atoms. The molecule has 0 atom stereocenters. The molecule has 0 heterocycles. The van der Waals surface area contributed by atoms with Gasteiger partial charge in [0.25, 0.3) is 0 Å². The van der Waals surface area contributed by atoms with Gasteiger partial charge in [0.15, 0.2) is 5.11 Å². The largest absolute Gasteiger partial charge is 0.362 e. The highest BCUT2D eigenvalue weighted by molar-refractivity contribution is 7.80. The highest BCUT2D eigenvalue weighted by Crippen LogP contribution is 2.21. The Labute approximate surface area is 166 Å². The van der Waals surface area contributed by atoms with Gasteiger partial charge in [0.05, 0.1) is 6.54 Å². The lowest BCUT2D eigenvalue weighted by Gasteiger charge is -2.32. The second-order valence-corrected chi connectivity index (χ2v) is 8.10. The van der Waals surface area contributed by atoms with Crippen LogP contribution in [0.3, 0.4) is 0 Å². The summed E-state index contributed by atoms with van der Waals surface area (Å²) in [4.78, 5) is 3.92. The Bertz CT molecular complexity index is 760. The van der Waals surface area contributed by atoms with Gasteiger partial charge in [-0.1, -0.05) is 32.0 Å². The minimum atomic E-state index is -0.324. The van der Waals surface area contributed by atoms with E-state index in [1.807, 2.05) is 14.1 Å². The molecule has 0 aliphatic rings. The molecule has 0 radical (unpaired) electrons. The van der Waals surface area contributed by atoms with Crippen LogP contribution in [0, 0.1) is 17.0 Å². The highest BCUT2D eigenvalue weighted by atomic mass is 32.1. The van der Waals surface area contributed by atoms with Crippen molar-refractivity contribution in [1.82, 2.24) is 10.2 Å². The third-order valence-electron chi connectivity index (χ3n) is 4.13. The first-order valence-electron chi connectivity index (χ1n) is 8.87. The quantitative estimate of drug-likeness (QED) is 0.704. The Hall–Kier alpha value is -2.05. The molecule has 2 aromatic carbocycles. The standard InChI is InChI=1S/C21H27F2N3S/c1-21(2,15-25(3)4)14-24-20(27)26(18-11-9-17(22)10-12-18)13-16-7-5-6-8-19(16)23/h5-12H,13-15H2,1-4H3,(H,24,27). The lowest BCUT2D eigenvalue weighted by molar-refractivity contribution is 0.241. The number of thiocarbonyl (C=S) groups is 1. The maximum absolute atomic E-state index is 14.2. The Morgan fingerprint density at radius 2 is 1.67 bits per heavy atom. The number of halogens is 2. The molecule has 0 unspecified atom stereocenters. The number of nitrogens with zero attached hydrogens (tertiary/aromatic N) is 2. The summed E-state index contributed by atoms with van der Waals surface area (Å²) in [5.74, 6) is -0.615. The summed E-state index contributed by atoms with van der Waals surface area (Å²) in [6, 6.07) is 12.6. The number of hydrogen-bond donors (Lipinski definition) is 1. The van der Waals surface area contributed by atoms with Crippen molar-refractivity contribution in [1.29, 1.82) is 0 Å². The van der Waals surface area contributed by atoms with E-state index in [2.05, 4.69) is 24.1 Å². The van der Waals surface area contributed by atoms with Gasteiger partial charge in [0, 0.05) is 24.3 Å². The van der Waals surface area contributed by atoms with Gasteiger partial charge in [-0.25, -0.2) is 8.78 Å². The number of anilines is 1. The number of rotatable bonds is 7. The molecule has 2 rings (SSSR count). The summed E-state index contributed by atoms with van der Waals surface area (Å²) >= 11 is 5.60. The van der Waals surface area contributed by atoms with Gasteiger partial charge in [-0.05, 0) is 62.1 Å². The van der Waals surface area contributed by atoms with E-state index in [4.69, 9.17) is 12.2 Å². The van der Waals surface area contributed by atoms with Crippen molar-refractivity contribution in [3.05, 3.63) is 65.7 Å². The number of hydrogen-bond acceptors (Lipinski definition) is 2. The molecule has 27 heavy (non-hydrogen) atoms. The van der Waals surface area contributed by atoms with E-state index in [0.717, 1.165) is 6.54 Å². The van der Waals surface area contributed by atoms with Crippen LogP contribution >= 0.6 is 12.2 Å². The minimum Gasteiger partial charge on any atom is -0.362 e. The molecule has 0 spiro atoms. The maximum Gasteiger partial charge on any atom is 0.173 e. The number of benzene rings is 2. The molecule has 146 valence electrons. The zero-order valence-corrected chi connectivity index (χ0v) is 17.1. The predicted octanol–water partition coefficient (Wildman–Crippen LogP) is 4.43. The first-order valence-corrected chi connectivity index (χ1v) is 9.28. The van der Waals surface area contributed by atoms with Crippen LogP contribution in [-0.2, 0) is 6.54 Å². The van der Waals surface area contributed by atoms with E-state index in [1.165, 1.54) is 18.2 Å². The molecule has 0 aromatic heterocycles. The van der Waals surface area contributed by atoms with E-state index in [9.17, 15) is 8.78 Å². The van der Waals surface area contributed by atoms with Crippen LogP contribution in [0.25, 0.3) is 0 Å². The fraction of sp³-hybridized carbons (Fsp3) is 0.381. The Kier molecular flexibility index (Phi) is 7.27. The van der Waals surface area contributed by atoms with Crippen LogP contribution in [0.15, 0.2) is 48.5 Å². The molecule has 0 fully saturated rings. The van der Waals surface area contributed by atoms with E-state index < -0.39 is 0 Å². The van der Waals surface area contributed by atoms with Crippen molar-refractivity contribution in [2.24, 2.45) is 5.41 Å². The minimum absolute atomic E-state index is 0.0000227. The molecule has 0 amide bonds. The Morgan fingerprint density at radius 1 is 1.04 bits per heavy atom. The molecule has 0 aliphatic carbocycles. The molecule has 0 saturated heterocycles. The summed E-state index contributed by atoms with van der Waals surface area (Å²) in [6.45, 7) is 6.13. The first kappa shape index (κ1) is 21.3. The van der Waals surface area contributed by atoms with Gasteiger partial charge in [-0.3, -0.25) is 0 Å². The van der Waals surface area contributed by atoms with Gasteiger partial charge < -0.3 is 15.1 Å². The molecular formula is C21H27F2N3S. The van der Waals surface area contributed by atoms with Crippen molar-refractivity contribution >= 4 is 23.0 Å². The van der Waals surface area contributed by atoms with Crippen LogP contribution in [-0.4, -0.2) is 37.2 Å². The SMILES string of the molecule is CN(C)CC(C)(C)CNC(=S)N(Cc1ccccc1F)c1ccc(F)cc1. The van der Waals surface area contributed by atoms with Gasteiger partial charge in [0.2, 0.25) is 0 Å². The fourth-order valence-corrected chi connectivity index (χ4v) is 3.26. The van der Waals surface area contributed by atoms with Crippen LogP contribution < -0.4 is 10.2 Å². The van der Waals surface area contributed by atoms with Crippen molar-refractivity contribution in [3.63, 3.8) is 0 Å². The molecule has 2 aromatic rings. The molecule has 6 heteroatoms. The Balaban J connectivity index is 2.20. The number of nitrogens with one attached hydrogen (secondary N) is 1. The van der Waals surface area contributed by atoms with Crippen molar-refractivity contribution in [2.75, 3.05) is 32.1 Å². The van der Waals surface area contributed by atoms with Gasteiger partial charge in [-0.15, -0.1) is 0 Å². The van der Waals surface area contributed by atoms with E-state index >= 15 is 0 Å². The molecule has 1 N–H and O–H groups in total. The second-order valence-electron chi connectivity index (χ2n) is 7.71. The van der Waals surface area contributed by atoms with Gasteiger partial charge in [0.1, 0.15) is 11.6 Å². The summed E-state index contributed by atoms with van der Waals surface area (Å²) in [6.07, 6.45) is 0. The average molecular weight is 392 g/mol. The van der Waals surface area contributed by atoms with Crippen LogP contribution in [0.2, 0.25) is 0 Å². The van der Waals surface area contributed by atoms with Crippen molar-refractivity contribution in [3.8, 4) is 0 Å². The third kappa shape index (κ3) is 6.56. The predicted molar refractivity (Wildman–Crippen MR) is 112 cm³/mol. The first-order chi connectivity index (χ1) is 12.7. The van der Waals surface area contributed by atoms with E-state index in [1.54, 1.807) is 35.2 Å². The highest BCUT2D eigenvalue weighted by Gasteiger charge is 2.21. The zero-order valence-electron chi connectivity index (χ0n) is 16.3. The monoisotopic (exact) mass is 391 g/mol. The normalized spacial score (nSPS) is 11.5. The topological polar surface area (TPSA) is 18.5 Å². The average Bonchev–Trinajstić information content (AvgIpc) is 2.59. The van der Waals surface area contributed by atoms with Gasteiger partial charge in [-0.2, -0.15) is 0 Å². The lowest BCUT2D eigenvalue weighted by Crippen LogP contribution is -2.45. The van der Waals surface area contributed by atoms with E-state index in [0.29, 0.717) is 22.9 Å². The summed E-state index contributed by atoms with van der Waals surface area (Å²) < 4.78 is 27.5. The molecular weight excluding hydrogens is 364 g/mol. The van der Waals surface area contributed by atoms with Crippen molar-refractivity contribution in [2.45, 2.75) is 20.4 Å². The zero-order chi connectivity index (χ0) is 20.0. The van der Waals surface area contributed by atoms with E-state index in [-0.39, 0.29) is 23.6 Å². The van der Waals surface area contributed by atoms with Crippen molar-refractivity contribution < 1.29 is 8.78 Å². The van der Waals surface area contributed by atoms with Crippen LogP contribution in [0.5, 0.6) is 0 Å². The van der Waals surface area contributed by atoms with Crippen LogP contribution in [0.1, 0.15) is 19.4 Å². The molecule has 0 saturated carbocycles. The second kappa shape index (κ2) is 9.24.